The normalized spacial score (nSPS) is 17.4. The molecule has 108 valence electrons. The quantitative estimate of drug-likeness (QED) is 0.896. The predicted molar refractivity (Wildman–Crippen MR) is 80.8 cm³/mol. The fourth-order valence-electron chi connectivity index (χ4n) is 2.53. The number of rotatable bonds is 5. The molecule has 0 saturated heterocycles. The van der Waals surface area contributed by atoms with Crippen molar-refractivity contribution in [1.82, 2.24) is 0 Å². The van der Waals surface area contributed by atoms with E-state index in [0.29, 0.717) is 6.42 Å². The molecule has 1 atom stereocenters. The van der Waals surface area contributed by atoms with Gasteiger partial charge >= 0.3 is 0 Å². The highest BCUT2D eigenvalue weighted by molar-refractivity contribution is 5.58. The minimum Gasteiger partial charge on any atom is -0.491 e. The molecule has 1 aliphatic heterocycles. The molecule has 2 N–H and O–H groups in total. The number of fused-ring (bicyclic) bond motifs is 1. The average molecular weight is 273 g/mol. The summed E-state index contributed by atoms with van der Waals surface area (Å²) in [6.45, 7) is 4.65. The van der Waals surface area contributed by atoms with Crippen molar-refractivity contribution < 1.29 is 4.74 Å². The molecule has 1 heterocycles. The number of anilines is 1. The van der Waals surface area contributed by atoms with E-state index in [1.165, 1.54) is 0 Å². The summed E-state index contributed by atoms with van der Waals surface area (Å²) in [5, 5.41) is 9.12. The van der Waals surface area contributed by atoms with Gasteiger partial charge in [-0.1, -0.05) is 19.1 Å². The molecule has 2 rings (SSSR count). The van der Waals surface area contributed by atoms with Crippen molar-refractivity contribution in [2.75, 3.05) is 24.6 Å². The van der Waals surface area contributed by atoms with E-state index < -0.39 is 5.54 Å². The van der Waals surface area contributed by atoms with Gasteiger partial charge < -0.3 is 15.4 Å². The number of benzene rings is 1. The Hall–Kier alpha value is -1.73. The number of ether oxygens (including phenoxy) is 1. The Labute approximate surface area is 121 Å². The van der Waals surface area contributed by atoms with E-state index in [1.807, 2.05) is 25.1 Å². The number of hydrogen-bond acceptors (Lipinski definition) is 4. The van der Waals surface area contributed by atoms with Crippen LogP contribution in [-0.4, -0.2) is 25.2 Å². The first-order valence-electron chi connectivity index (χ1n) is 7.35. The standard InChI is InChI=1S/C16H23N3O/c1-2-16(18,13-17)9-5-10-19-11-6-12-20-15-8-4-3-7-14(15)19/h3-4,7-8H,2,5-6,9-12,18H2,1H3. The van der Waals surface area contributed by atoms with Crippen LogP contribution in [0.5, 0.6) is 5.75 Å². The summed E-state index contributed by atoms with van der Waals surface area (Å²) in [5.41, 5.74) is 6.51. The van der Waals surface area contributed by atoms with E-state index in [1.54, 1.807) is 0 Å². The topological polar surface area (TPSA) is 62.3 Å². The van der Waals surface area contributed by atoms with Crippen LogP contribution in [0.1, 0.15) is 32.6 Å². The zero-order valence-electron chi connectivity index (χ0n) is 12.1. The number of nitrogens with two attached hydrogens (primary N) is 1. The van der Waals surface area contributed by atoms with Crippen LogP contribution in [0, 0.1) is 11.3 Å². The molecule has 0 saturated carbocycles. The Bertz CT molecular complexity index is 483. The number of para-hydroxylation sites is 2. The van der Waals surface area contributed by atoms with E-state index in [2.05, 4.69) is 17.0 Å². The van der Waals surface area contributed by atoms with E-state index in [9.17, 15) is 0 Å². The van der Waals surface area contributed by atoms with Crippen molar-refractivity contribution in [2.45, 2.75) is 38.1 Å². The van der Waals surface area contributed by atoms with Gasteiger partial charge in [-0.3, -0.25) is 0 Å². The first-order valence-corrected chi connectivity index (χ1v) is 7.35. The van der Waals surface area contributed by atoms with E-state index in [4.69, 9.17) is 15.7 Å². The van der Waals surface area contributed by atoms with Gasteiger partial charge in [0.25, 0.3) is 0 Å². The smallest absolute Gasteiger partial charge is 0.142 e. The van der Waals surface area contributed by atoms with Gasteiger partial charge in [-0.05, 0) is 37.8 Å². The van der Waals surface area contributed by atoms with E-state index >= 15 is 0 Å². The van der Waals surface area contributed by atoms with Crippen LogP contribution in [0.25, 0.3) is 0 Å². The summed E-state index contributed by atoms with van der Waals surface area (Å²) < 4.78 is 5.75. The average Bonchev–Trinajstić information content (AvgIpc) is 2.70. The predicted octanol–water partition coefficient (Wildman–Crippen LogP) is 2.69. The second-order valence-corrected chi connectivity index (χ2v) is 5.38. The summed E-state index contributed by atoms with van der Waals surface area (Å²) in [6, 6.07) is 10.4. The highest BCUT2D eigenvalue weighted by atomic mass is 16.5. The molecule has 0 radical (unpaired) electrons. The lowest BCUT2D eigenvalue weighted by Crippen LogP contribution is -2.38. The lowest BCUT2D eigenvalue weighted by atomic mass is 9.93. The van der Waals surface area contributed by atoms with Gasteiger partial charge in [-0.25, -0.2) is 0 Å². The van der Waals surface area contributed by atoms with Gasteiger partial charge in [0, 0.05) is 13.1 Å². The molecule has 4 nitrogen and oxygen atoms in total. The van der Waals surface area contributed by atoms with Crippen LogP contribution in [0.15, 0.2) is 24.3 Å². The molecular weight excluding hydrogens is 250 g/mol. The molecule has 1 unspecified atom stereocenters. The third kappa shape index (κ3) is 3.43. The van der Waals surface area contributed by atoms with Crippen LogP contribution >= 0.6 is 0 Å². The fraction of sp³-hybridized carbons (Fsp3) is 0.562. The number of nitriles is 1. The lowest BCUT2D eigenvalue weighted by molar-refractivity contribution is 0.322. The molecule has 0 aromatic heterocycles. The second-order valence-electron chi connectivity index (χ2n) is 5.38. The van der Waals surface area contributed by atoms with Gasteiger partial charge in [0.1, 0.15) is 11.3 Å². The first-order chi connectivity index (χ1) is 9.68. The van der Waals surface area contributed by atoms with Crippen molar-refractivity contribution in [1.29, 1.82) is 5.26 Å². The number of hydrogen-bond donors (Lipinski definition) is 1. The summed E-state index contributed by atoms with van der Waals surface area (Å²) >= 11 is 0. The van der Waals surface area contributed by atoms with Crippen molar-refractivity contribution in [3.63, 3.8) is 0 Å². The monoisotopic (exact) mass is 273 g/mol. The fourth-order valence-corrected chi connectivity index (χ4v) is 2.53. The maximum Gasteiger partial charge on any atom is 0.142 e. The highest BCUT2D eigenvalue weighted by Crippen LogP contribution is 2.30. The molecule has 20 heavy (non-hydrogen) atoms. The Kier molecular flexibility index (Phi) is 4.86. The van der Waals surface area contributed by atoms with E-state index in [0.717, 1.165) is 50.4 Å². The summed E-state index contributed by atoms with van der Waals surface area (Å²) in [7, 11) is 0. The molecule has 0 amide bonds. The summed E-state index contributed by atoms with van der Waals surface area (Å²) in [5.74, 6) is 0.958. The maximum absolute atomic E-state index is 9.12. The Morgan fingerprint density at radius 2 is 2.25 bits per heavy atom. The van der Waals surface area contributed by atoms with E-state index in [-0.39, 0.29) is 0 Å². The zero-order chi connectivity index (χ0) is 14.4. The minimum absolute atomic E-state index is 0.679. The van der Waals surface area contributed by atoms with Gasteiger partial charge in [-0.15, -0.1) is 0 Å². The summed E-state index contributed by atoms with van der Waals surface area (Å²) in [6.07, 6.45) is 3.38. The van der Waals surface area contributed by atoms with Crippen LogP contribution in [0.2, 0.25) is 0 Å². The lowest BCUT2D eigenvalue weighted by Gasteiger charge is -2.26. The van der Waals surface area contributed by atoms with Crippen molar-refractivity contribution in [2.24, 2.45) is 5.73 Å². The summed E-state index contributed by atoms with van der Waals surface area (Å²) in [4.78, 5) is 2.34. The highest BCUT2D eigenvalue weighted by Gasteiger charge is 2.22. The molecule has 4 heteroatoms. The van der Waals surface area contributed by atoms with Gasteiger partial charge in [-0.2, -0.15) is 5.26 Å². The molecule has 1 aromatic rings. The third-order valence-electron chi connectivity index (χ3n) is 3.94. The third-order valence-corrected chi connectivity index (χ3v) is 3.94. The van der Waals surface area contributed by atoms with Gasteiger partial charge in [0.05, 0.1) is 18.4 Å². The molecular formula is C16H23N3O. The Balaban J connectivity index is 1.98. The van der Waals surface area contributed by atoms with Crippen LogP contribution in [0.4, 0.5) is 5.69 Å². The molecule has 0 aliphatic carbocycles. The molecule has 1 aromatic carbocycles. The van der Waals surface area contributed by atoms with Gasteiger partial charge in [0.15, 0.2) is 0 Å². The molecule has 1 aliphatic rings. The molecule has 0 fully saturated rings. The minimum atomic E-state index is -0.679. The first kappa shape index (κ1) is 14.7. The van der Waals surface area contributed by atoms with Crippen molar-refractivity contribution >= 4 is 5.69 Å². The van der Waals surface area contributed by atoms with Crippen LogP contribution in [0.3, 0.4) is 0 Å². The SMILES string of the molecule is CCC(N)(C#N)CCCN1CCCOc2ccccc21. The van der Waals surface area contributed by atoms with Crippen LogP contribution in [-0.2, 0) is 0 Å². The van der Waals surface area contributed by atoms with Crippen molar-refractivity contribution in [3.05, 3.63) is 24.3 Å². The molecule has 0 bridgehead atoms. The molecule has 0 spiro atoms. The second kappa shape index (κ2) is 6.62. The van der Waals surface area contributed by atoms with Crippen LogP contribution < -0.4 is 15.4 Å². The van der Waals surface area contributed by atoms with Crippen molar-refractivity contribution in [3.8, 4) is 11.8 Å². The Morgan fingerprint density at radius 3 is 3.00 bits per heavy atom. The Morgan fingerprint density at radius 1 is 1.45 bits per heavy atom. The number of nitrogens with zero attached hydrogens (tertiary/aromatic N) is 2. The van der Waals surface area contributed by atoms with Gasteiger partial charge in [0.2, 0.25) is 0 Å². The largest absolute Gasteiger partial charge is 0.491 e. The zero-order valence-corrected chi connectivity index (χ0v) is 12.1. The maximum atomic E-state index is 9.12.